The minimum atomic E-state index is -0.634. The van der Waals surface area contributed by atoms with Crippen LogP contribution in [0.25, 0.3) is 10.8 Å². The van der Waals surface area contributed by atoms with Gasteiger partial charge in [-0.2, -0.15) is 0 Å². The van der Waals surface area contributed by atoms with Crippen LogP contribution < -0.4 is 10.1 Å². The molecule has 30 heavy (non-hydrogen) atoms. The third kappa shape index (κ3) is 5.21. The number of halogens is 2. The summed E-state index contributed by atoms with van der Waals surface area (Å²) in [5.74, 6) is 0.0772. The number of nitrogens with one attached hydrogen (secondary N) is 1. The first kappa shape index (κ1) is 22.3. The molecule has 2 amide bonds. The van der Waals surface area contributed by atoms with Gasteiger partial charge in [0.25, 0.3) is 5.91 Å². The molecular formula is C23H22Br2N2O3. The highest BCUT2D eigenvalue weighted by atomic mass is 79.9. The van der Waals surface area contributed by atoms with Crippen LogP contribution in [0.2, 0.25) is 0 Å². The number of hydrogen-bond acceptors (Lipinski definition) is 3. The Labute approximate surface area is 192 Å². The van der Waals surface area contributed by atoms with E-state index in [4.69, 9.17) is 4.74 Å². The van der Waals surface area contributed by atoms with Crippen molar-refractivity contribution in [3.05, 3.63) is 75.2 Å². The molecule has 156 valence electrons. The van der Waals surface area contributed by atoms with Gasteiger partial charge in [-0.3, -0.25) is 9.59 Å². The van der Waals surface area contributed by atoms with Crippen molar-refractivity contribution in [1.82, 2.24) is 10.2 Å². The van der Waals surface area contributed by atoms with Gasteiger partial charge in [0.05, 0.1) is 4.47 Å². The maximum absolute atomic E-state index is 13.0. The van der Waals surface area contributed by atoms with Crippen LogP contribution in [0.4, 0.5) is 0 Å². The Kier molecular flexibility index (Phi) is 7.50. The highest BCUT2D eigenvalue weighted by Crippen LogP contribution is 2.33. The number of rotatable bonds is 7. The fourth-order valence-electron chi connectivity index (χ4n) is 3.17. The number of hydrogen-bond donors (Lipinski definition) is 1. The molecule has 0 heterocycles. The molecule has 5 nitrogen and oxygen atoms in total. The van der Waals surface area contributed by atoms with Crippen LogP contribution in [0.1, 0.15) is 12.5 Å². The van der Waals surface area contributed by atoms with Gasteiger partial charge in [0.15, 0.2) is 6.61 Å². The summed E-state index contributed by atoms with van der Waals surface area (Å²) in [7, 11) is 1.56. The smallest absolute Gasteiger partial charge is 0.261 e. The summed E-state index contributed by atoms with van der Waals surface area (Å²) >= 11 is 7.02. The molecule has 3 rings (SSSR count). The van der Waals surface area contributed by atoms with E-state index in [1.165, 1.54) is 4.90 Å². The van der Waals surface area contributed by atoms with Gasteiger partial charge in [0.2, 0.25) is 5.91 Å². The van der Waals surface area contributed by atoms with Crippen LogP contribution in [0.5, 0.6) is 5.75 Å². The largest absolute Gasteiger partial charge is 0.483 e. The molecule has 0 aliphatic carbocycles. The van der Waals surface area contributed by atoms with E-state index >= 15 is 0 Å². The Bertz CT molecular complexity index is 1070. The fourth-order valence-corrected chi connectivity index (χ4v) is 4.23. The molecule has 0 unspecified atom stereocenters. The van der Waals surface area contributed by atoms with Crippen molar-refractivity contribution in [3.8, 4) is 5.75 Å². The summed E-state index contributed by atoms with van der Waals surface area (Å²) in [6.07, 6.45) is 0. The molecule has 0 fully saturated rings. The number of fused-ring (bicyclic) bond motifs is 1. The number of likely N-dealkylation sites (N-methyl/N-ethyl adjacent to an activating group) is 1. The van der Waals surface area contributed by atoms with Crippen LogP contribution in [-0.2, 0) is 16.1 Å². The molecule has 3 aromatic rings. The third-order valence-electron chi connectivity index (χ3n) is 4.83. The summed E-state index contributed by atoms with van der Waals surface area (Å²) < 4.78 is 7.54. The lowest BCUT2D eigenvalue weighted by molar-refractivity contribution is -0.142. The number of amides is 2. The van der Waals surface area contributed by atoms with Crippen molar-refractivity contribution >= 4 is 54.4 Å². The van der Waals surface area contributed by atoms with Gasteiger partial charge in [-0.25, -0.2) is 0 Å². The van der Waals surface area contributed by atoms with Gasteiger partial charge in [-0.15, -0.1) is 0 Å². The van der Waals surface area contributed by atoms with Crippen molar-refractivity contribution in [2.75, 3.05) is 13.7 Å². The van der Waals surface area contributed by atoms with E-state index in [-0.39, 0.29) is 18.4 Å². The molecule has 1 N–H and O–H groups in total. The number of nitrogens with zero attached hydrogens (tertiary/aromatic N) is 1. The van der Waals surface area contributed by atoms with Gasteiger partial charge < -0.3 is 15.0 Å². The Balaban J connectivity index is 1.79. The first-order chi connectivity index (χ1) is 14.4. The van der Waals surface area contributed by atoms with Crippen molar-refractivity contribution in [3.63, 3.8) is 0 Å². The lowest BCUT2D eigenvalue weighted by Gasteiger charge is -2.28. The van der Waals surface area contributed by atoms with Crippen LogP contribution in [-0.4, -0.2) is 36.4 Å². The lowest BCUT2D eigenvalue weighted by atomic mass is 10.1. The predicted molar refractivity (Wildman–Crippen MR) is 125 cm³/mol. The van der Waals surface area contributed by atoms with E-state index in [0.717, 1.165) is 25.3 Å². The standard InChI is InChI=1S/C23H22Br2N2O3/c1-15(23(29)26-2)27(13-16-6-5-8-18(24)12-16)21(28)14-30-20-11-10-17-7-3-4-9-19(17)22(20)25/h3-12,15H,13-14H2,1-2H3,(H,26,29)/t15-/m1/s1. The number of carbonyl (C=O) groups is 2. The second-order valence-electron chi connectivity index (χ2n) is 6.83. The normalized spacial score (nSPS) is 11.7. The first-order valence-electron chi connectivity index (χ1n) is 9.46. The Morgan fingerprint density at radius 1 is 1.07 bits per heavy atom. The molecule has 0 aliphatic heterocycles. The van der Waals surface area contributed by atoms with Gasteiger partial charge >= 0.3 is 0 Å². The molecule has 1 atom stereocenters. The van der Waals surface area contributed by atoms with E-state index < -0.39 is 6.04 Å². The third-order valence-corrected chi connectivity index (χ3v) is 6.15. The maximum Gasteiger partial charge on any atom is 0.261 e. The van der Waals surface area contributed by atoms with E-state index in [9.17, 15) is 9.59 Å². The van der Waals surface area contributed by atoms with Crippen LogP contribution in [0.3, 0.4) is 0 Å². The van der Waals surface area contributed by atoms with Crippen LogP contribution in [0.15, 0.2) is 69.6 Å². The summed E-state index contributed by atoms with van der Waals surface area (Å²) in [5, 5.41) is 4.69. The minimum absolute atomic E-state index is 0.174. The zero-order valence-corrected chi connectivity index (χ0v) is 19.9. The number of ether oxygens (including phenoxy) is 1. The minimum Gasteiger partial charge on any atom is -0.483 e. The van der Waals surface area contributed by atoms with Crippen molar-refractivity contribution < 1.29 is 14.3 Å². The molecule has 0 aliphatic rings. The molecule has 7 heteroatoms. The summed E-state index contributed by atoms with van der Waals surface area (Å²) in [6.45, 7) is 1.84. The van der Waals surface area contributed by atoms with E-state index in [1.807, 2.05) is 60.7 Å². The number of carbonyl (C=O) groups excluding carboxylic acids is 2. The average Bonchev–Trinajstić information content (AvgIpc) is 2.76. The monoisotopic (exact) mass is 532 g/mol. The van der Waals surface area contributed by atoms with Gasteiger partial charge in [-0.1, -0.05) is 58.4 Å². The second kappa shape index (κ2) is 10.1. The van der Waals surface area contributed by atoms with Gasteiger partial charge in [0.1, 0.15) is 11.8 Å². The molecule has 0 spiro atoms. The molecule has 0 bridgehead atoms. The fraction of sp³-hybridized carbons (Fsp3) is 0.217. The Morgan fingerprint density at radius 2 is 1.83 bits per heavy atom. The van der Waals surface area contributed by atoms with Crippen molar-refractivity contribution in [2.45, 2.75) is 19.5 Å². The molecule has 0 radical (unpaired) electrons. The Hall–Kier alpha value is -2.38. The molecule has 0 saturated heterocycles. The summed E-state index contributed by atoms with van der Waals surface area (Å²) in [5.41, 5.74) is 0.917. The van der Waals surface area contributed by atoms with Crippen LogP contribution in [0, 0.1) is 0 Å². The quantitative estimate of drug-likeness (QED) is 0.469. The molecule has 3 aromatic carbocycles. The maximum atomic E-state index is 13.0. The van der Waals surface area contributed by atoms with Crippen molar-refractivity contribution in [1.29, 1.82) is 0 Å². The van der Waals surface area contributed by atoms with Crippen molar-refractivity contribution in [2.24, 2.45) is 0 Å². The topological polar surface area (TPSA) is 58.6 Å². The zero-order valence-electron chi connectivity index (χ0n) is 16.7. The Morgan fingerprint density at radius 3 is 2.57 bits per heavy atom. The second-order valence-corrected chi connectivity index (χ2v) is 8.54. The van der Waals surface area contributed by atoms with E-state index in [1.54, 1.807) is 14.0 Å². The van der Waals surface area contributed by atoms with Crippen LogP contribution >= 0.6 is 31.9 Å². The summed E-state index contributed by atoms with van der Waals surface area (Å²) in [6, 6.07) is 18.7. The SMILES string of the molecule is CNC(=O)[C@@H](C)N(Cc1cccc(Br)c1)C(=O)COc1ccc2ccccc2c1Br. The number of benzene rings is 3. The van der Waals surface area contributed by atoms with Gasteiger partial charge in [-0.05, 0) is 57.4 Å². The molecule has 0 aromatic heterocycles. The summed E-state index contributed by atoms with van der Waals surface area (Å²) in [4.78, 5) is 26.8. The zero-order chi connectivity index (χ0) is 21.7. The molecule has 0 saturated carbocycles. The average molecular weight is 534 g/mol. The molecular weight excluding hydrogens is 512 g/mol. The van der Waals surface area contributed by atoms with Gasteiger partial charge in [0, 0.05) is 18.1 Å². The first-order valence-corrected chi connectivity index (χ1v) is 11.0. The predicted octanol–water partition coefficient (Wildman–Crippen LogP) is 4.91. The lowest BCUT2D eigenvalue weighted by Crippen LogP contribution is -2.48. The highest BCUT2D eigenvalue weighted by molar-refractivity contribution is 9.11. The highest BCUT2D eigenvalue weighted by Gasteiger charge is 2.26. The van der Waals surface area contributed by atoms with E-state index in [0.29, 0.717) is 12.3 Å². The van der Waals surface area contributed by atoms with E-state index in [2.05, 4.69) is 37.2 Å².